The first kappa shape index (κ1) is 27.6. The second kappa shape index (κ2) is 10.4. The minimum Gasteiger partial charge on any atom is -0.497 e. The Bertz CT molecular complexity index is 1440. The van der Waals surface area contributed by atoms with Gasteiger partial charge in [0.15, 0.2) is 0 Å². The Hall–Kier alpha value is -3.55. The van der Waals surface area contributed by atoms with Gasteiger partial charge < -0.3 is 14.8 Å². The summed E-state index contributed by atoms with van der Waals surface area (Å²) in [5.74, 6) is -1.15. The van der Waals surface area contributed by atoms with E-state index in [2.05, 4.69) is 5.32 Å². The molecule has 1 fully saturated rings. The Morgan fingerprint density at radius 3 is 1.83 bits per heavy atom. The third-order valence-corrected chi connectivity index (χ3v) is 9.93. The van der Waals surface area contributed by atoms with E-state index in [0.29, 0.717) is 42.9 Å². The predicted octanol–water partition coefficient (Wildman–Crippen LogP) is 5.80. The fourth-order valence-corrected chi connectivity index (χ4v) is 7.89. The van der Waals surface area contributed by atoms with Crippen molar-refractivity contribution in [3.8, 4) is 11.5 Å². The number of rotatable bonds is 9. The van der Waals surface area contributed by atoms with Crippen LogP contribution in [0, 0.1) is 11.8 Å². The molecule has 3 aliphatic carbocycles. The van der Waals surface area contributed by atoms with Gasteiger partial charge in [0.25, 0.3) is 0 Å². The SMILES string of the molecule is COc1ccc(NC(=O)CCCCCN2C(=O)[C@@H]3[C@H](C2=O)C2(Cl)c4ccccc4C3(Cl)c3ccccc32)c(OC)c1. The molecule has 212 valence electrons. The lowest BCUT2D eigenvalue weighted by Gasteiger charge is -2.54. The number of benzene rings is 3. The van der Waals surface area contributed by atoms with Crippen molar-refractivity contribution in [1.29, 1.82) is 0 Å². The van der Waals surface area contributed by atoms with Gasteiger partial charge in [0.1, 0.15) is 21.2 Å². The lowest BCUT2D eigenvalue weighted by molar-refractivity contribution is -0.140. The third-order valence-electron chi connectivity index (χ3n) is 8.64. The van der Waals surface area contributed by atoms with Crippen LogP contribution in [-0.4, -0.2) is 43.4 Å². The highest BCUT2D eigenvalue weighted by Gasteiger charge is 2.72. The van der Waals surface area contributed by atoms with Crippen molar-refractivity contribution in [1.82, 2.24) is 4.90 Å². The quantitative estimate of drug-likeness (QED) is 0.193. The smallest absolute Gasteiger partial charge is 0.235 e. The number of nitrogens with zero attached hydrogens (tertiary/aromatic N) is 1. The normalized spacial score (nSPS) is 25.4. The number of carbonyl (C=O) groups excluding carboxylic acids is 3. The van der Waals surface area contributed by atoms with Crippen LogP contribution in [0.3, 0.4) is 0 Å². The second-order valence-corrected chi connectivity index (χ2v) is 11.9. The molecular formula is C32H30Cl2N2O5. The number of likely N-dealkylation sites (tertiary alicyclic amines) is 1. The van der Waals surface area contributed by atoms with Gasteiger partial charge in [-0.25, -0.2) is 0 Å². The second-order valence-electron chi connectivity index (χ2n) is 10.7. The van der Waals surface area contributed by atoms with E-state index in [1.807, 2.05) is 48.5 Å². The molecule has 7 rings (SSSR count). The van der Waals surface area contributed by atoms with Crippen LogP contribution >= 0.6 is 23.2 Å². The van der Waals surface area contributed by atoms with Crippen molar-refractivity contribution in [3.05, 3.63) is 89.0 Å². The summed E-state index contributed by atoms with van der Waals surface area (Å²) in [6.07, 6.45) is 2.13. The fourth-order valence-electron chi connectivity index (χ4n) is 6.79. The molecule has 1 N–H and O–H groups in total. The van der Waals surface area contributed by atoms with Crippen LogP contribution in [0.2, 0.25) is 0 Å². The molecule has 2 bridgehead atoms. The Morgan fingerprint density at radius 1 is 0.805 bits per heavy atom. The lowest BCUT2D eigenvalue weighted by Crippen LogP contribution is -2.57. The van der Waals surface area contributed by atoms with Gasteiger partial charge >= 0.3 is 0 Å². The summed E-state index contributed by atoms with van der Waals surface area (Å²) in [6, 6.07) is 20.4. The highest BCUT2D eigenvalue weighted by atomic mass is 35.5. The fraction of sp³-hybridized carbons (Fsp3) is 0.344. The Morgan fingerprint density at radius 2 is 1.34 bits per heavy atom. The zero-order chi connectivity index (χ0) is 28.9. The molecule has 4 aliphatic rings. The summed E-state index contributed by atoms with van der Waals surface area (Å²) in [5.41, 5.74) is 3.73. The summed E-state index contributed by atoms with van der Waals surface area (Å²) in [5, 5.41) is 2.87. The molecule has 0 radical (unpaired) electrons. The van der Waals surface area contributed by atoms with Crippen LogP contribution in [0.1, 0.15) is 47.9 Å². The van der Waals surface area contributed by atoms with Gasteiger partial charge in [-0.1, -0.05) is 55.0 Å². The molecule has 9 heteroatoms. The maximum absolute atomic E-state index is 13.9. The van der Waals surface area contributed by atoms with Gasteiger partial charge in [-0.3, -0.25) is 19.3 Å². The number of alkyl halides is 2. The number of ether oxygens (including phenoxy) is 2. The molecule has 1 saturated heterocycles. The van der Waals surface area contributed by atoms with Crippen molar-refractivity contribution in [3.63, 3.8) is 0 Å². The number of imide groups is 1. The maximum atomic E-state index is 13.9. The van der Waals surface area contributed by atoms with E-state index in [1.165, 1.54) is 12.0 Å². The van der Waals surface area contributed by atoms with E-state index in [4.69, 9.17) is 32.7 Å². The number of carbonyl (C=O) groups is 3. The number of hydrogen-bond donors (Lipinski definition) is 1. The summed E-state index contributed by atoms with van der Waals surface area (Å²) in [4.78, 5) is 39.3. The number of amides is 3. The Labute approximate surface area is 248 Å². The monoisotopic (exact) mass is 592 g/mol. The number of methoxy groups -OCH3 is 2. The Balaban J connectivity index is 1.13. The molecule has 0 unspecified atom stereocenters. The van der Waals surface area contributed by atoms with Crippen LogP contribution in [-0.2, 0) is 24.1 Å². The topological polar surface area (TPSA) is 84.9 Å². The molecule has 2 atom stereocenters. The number of hydrogen-bond acceptors (Lipinski definition) is 5. The molecule has 3 amide bonds. The summed E-state index contributed by atoms with van der Waals surface area (Å²) >= 11 is 14.9. The van der Waals surface area contributed by atoms with E-state index in [1.54, 1.807) is 25.3 Å². The molecule has 1 aliphatic heterocycles. The number of halogens is 2. The number of anilines is 1. The molecule has 0 spiro atoms. The average molecular weight is 594 g/mol. The van der Waals surface area contributed by atoms with Crippen LogP contribution in [0.5, 0.6) is 11.5 Å². The van der Waals surface area contributed by atoms with Gasteiger partial charge in [-0.05, 0) is 47.2 Å². The minimum atomic E-state index is -1.17. The zero-order valence-corrected chi connectivity index (χ0v) is 24.3. The molecule has 3 aromatic carbocycles. The van der Waals surface area contributed by atoms with Gasteiger partial charge in [0, 0.05) is 19.0 Å². The molecular weight excluding hydrogens is 563 g/mol. The number of nitrogens with one attached hydrogen (secondary N) is 1. The molecule has 1 heterocycles. The molecule has 7 nitrogen and oxygen atoms in total. The van der Waals surface area contributed by atoms with Crippen molar-refractivity contribution in [2.24, 2.45) is 11.8 Å². The van der Waals surface area contributed by atoms with Gasteiger partial charge in [-0.2, -0.15) is 0 Å². The number of unbranched alkanes of at least 4 members (excludes halogenated alkanes) is 2. The van der Waals surface area contributed by atoms with Gasteiger partial charge in [0.2, 0.25) is 17.7 Å². The van der Waals surface area contributed by atoms with E-state index in [-0.39, 0.29) is 24.3 Å². The standard InChI is InChI=1S/C32H30Cl2N2O5/c1-40-19-15-16-24(25(18-19)41-2)35-26(37)14-4-3-9-17-36-29(38)27-28(30(36)39)32(34)21-11-6-5-10-20(21)31(27,33)22-12-7-8-13-23(22)32/h5-8,10-13,15-16,18,27-28H,3-4,9,14,17H2,1-2H3,(H,35,37)/t27-,28+,31?,32?. The first-order chi connectivity index (χ1) is 19.8. The first-order valence-electron chi connectivity index (χ1n) is 13.7. The summed E-state index contributed by atoms with van der Waals surface area (Å²) in [7, 11) is 3.09. The predicted molar refractivity (Wildman–Crippen MR) is 156 cm³/mol. The first-order valence-corrected chi connectivity index (χ1v) is 14.5. The van der Waals surface area contributed by atoms with E-state index in [9.17, 15) is 14.4 Å². The average Bonchev–Trinajstić information content (AvgIpc) is 3.26. The highest BCUT2D eigenvalue weighted by molar-refractivity contribution is 6.36. The summed E-state index contributed by atoms with van der Waals surface area (Å²) in [6.45, 7) is 0.255. The van der Waals surface area contributed by atoms with Gasteiger partial charge in [0.05, 0.1) is 31.7 Å². The van der Waals surface area contributed by atoms with Gasteiger partial charge in [-0.15, -0.1) is 23.2 Å². The lowest BCUT2D eigenvalue weighted by atomic mass is 9.54. The minimum absolute atomic E-state index is 0.145. The zero-order valence-electron chi connectivity index (χ0n) is 22.8. The Kier molecular flexibility index (Phi) is 6.99. The molecule has 3 aromatic rings. The molecule has 0 saturated carbocycles. The molecule has 0 aromatic heterocycles. The van der Waals surface area contributed by atoms with Crippen LogP contribution in [0.4, 0.5) is 5.69 Å². The van der Waals surface area contributed by atoms with Crippen molar-refractivity contribution >= 4 is 46.6 Å². The third kappa shape index (κ3) is 4.04. The van der Waals surface area contributed by atoms with Crippen LogP contribution < -0.4 is 14.8 Å². The molecule has 41 heavy (non-hydrogen) atoms. The van der Waals surface area contributed by atoms with E-state index in [0.717, 1.165) is 22.3 Å². The van der Waals surface area contributed by atoms with Crippen LogP contribution in [0.25, 0.3) is 0 Å². The maximum Gasteiger partial charge on any atom is 0.235 e. The van der Waals surface area contributed by atoms with E-state index >= 15 is 0 Å². The largest absolute Gasteiger partial charge is 0.497 e. The van der Waals surface area contributed by atoms with Crippen molar-refractivity contribution < 1.29 is 23.9 Å². The highest BCUT2D eigenvalue weighted by Crippen LogP contribution is 2.69. The van der Waals surface area contributed by atoms with Crippen molar-refractivity contribution in [2.75, 3.05) is 26.1 Å². The van der Waals surface area contributed by atoms with E-state index < -0.39 is 21.6 Å². The van der Waals surface area contributed by atoms with Crippen LogP contribution in [0.15, 0.2) is 66.7 Å². The summed E-state index contributed by atoms with van der Waals surface area (Å²) < 4.78 is 10.5. The van der Waals surface area contributed by atoms with Crippen molar-refractivity contribution in [2.45, 2.75) is 35.4 Å².